The smallest absolute Gasteiger partial charge is 0.490 e. The number of methoxy groups -OCH3 is 1. The van der Waals surface area contributed by atoms with Crippen LogP contribution in [0.5, 0.6) is 11.5 Å². The molecule has 6 rings (SSSR count). The van der Waals surface area contributed by atoms with E-state index in [2.05, 4.69) is 6.92 Å². The highest BCUT2D eigenvalue weighted by Gasteiger charge is 2.75. The Balaban J connectivity index is 1.10. The fourth-order valence-electron chi connectivity index (χ4n) is 9.86. The van der Waals surface area contributed by atoms with Gasteiger partial charge in [0.05, 0.1) is 18.6 Å². The van der Waals surface area contributed by atoms with Crippen molar-refractivity contribution >= 4 is 17.9 Å². The van der Waals surface area contributed by atoms with Gasteiger partial charge in [-0.25, -0.2) is 9.59 Å². The van der Waals surface area contributed by atoms with Crippen LogP contribution in [0.4, 0.5) is 13.2 Å². The number of piperidine rings is 1. The van der Waals surface area contributed by atoms with Gasteiger partial charge < -0.3 is 23.7 Å². The zero-order chi connectivity index (χ0) is 41.3. The lowest BCUT2D eigenvalue weighted by molar-refractivity contribution is -0.242. The number of likely N-dealkylation sites (N-methyl/N-ethyl adjacent to an activating group) is 1. The SMILES string of the molecule is CCCCCCCCCCCCCCCCCC(=O)O[C@H](C(=O)OC1=CC[C@@]2(OC(=O)C(F)(F)F)C3Cc4ccc(OC)c5c4[C@@]2(CCN3C)[C@H]1O5)c1ccccc1. The summed E-state index contributed by atoms with van der Waals surface area (Å²) in [6.45, 7) is 2.70. The van der Waals surface area contributed by atoms with Crippen LogP contribution in [0.15, 0.2) is 54.3 Å². The zero-order valence-corrected chi connectivity index (χ0v) is 34.3. The van der Waals surface area contributed by atoms with Crippen LogP contribution in [0.2, 0.25) is 0 Å². The van der Waals surface area contributed by atoms with Crippen molar-refractivity contribution in [3.63, 3.8) is 0 Å². The number of likely N-dealkylation sites (tertiary alicyclic amines) is 1. The van der Waals surface area contributed by atoms with Crippen LogP contribution in [0.25, 0.3) is 0 Å². The number of carbonyl (C=O) groups excluding carboxylic acids is 3. The van der Waals surface area contributed by atoms with Crippen molar-refractivity contribution in [2.45, 2.75) is 164 Å². The van der Waals surface area contributed by atoms with E-state index in [4.69, 9.17) is 23.7 Å². The van der Waals surface area contributed by atoms with Crippen LogP contribution in [-0.4, -0.2) is 67.4 Å². The summed E-state index contributed by atoms with van der Waals surface area (Å²) in [5.74, 6) is -2.96. The average molecular weight is 812 g/mol. The predicted octanol–water partition coefficient (Wildman–Crippen LogP) is 10.2. The highest BCUT2D eigenvalue weighted by Crippen LogP contribution is 2.67. The van der Waals surface area contributed by atoms with Crippen molar-refractivity contribution in [2.75, 3.05) is 20.7 Å². The van der Waals surface area contributed by atoms with Gasteiger partial charge >= 0.3 is 24.1 Å². The number of unbranched alkanes of at least 4 members (excludes halogenated alkanes) is 14. The molecule has 58 heavy (non-hydrogen) atoms. The Morgan fingerprint density at radius 3 is 2.10 bits per heavy atom. The molecule has 0 N–H and O–H groups in total. The average Bonchev–Trinajstić information content (AvgIpc) is 3.56. The van der Waals surface area contributed by atoms with Crippen molar-refractivity contribution in [1.29, 1.82) is 0 Å². The summed E-state index contributed by atoms with van der Waals surface area (Å²) in [6, 6.07) is 11.6. The molecule has 0 amide bonds. The Kier molecular flexibility index (Phi) is 14.5. The Labute approximate surface area is 340 Å². The van der Waals surface area contributed by atoms with E-state index in [9.17, 15) is 27.6 Å². The lowest BCUT2D eigenvalue weighted by Gasteiger charge is -2.62. The maximum Gasteiger partial charge on any atom is 0.490 e. The van der Waals surface area contributed by atoms with Crippen LogP contribution in [-0.2, 0) is 40.4 Å². The normalized spacial score (nSPS) is 23.6. The first-order valence-corrected chi connectivity index (χ1v) is 21.5. The second-order valence-electron chi connectivity index (χ2n) is 16.5. The summed E-state index contributed by atoms with van der Waals surface area (Å²) < 4.78 is 71.6. The third-order valence-corrected chi connectivity index (χ3v) is 12.8. The molecule has 1 spiro atoms. The Hall–Kier alpha value is -4.06. The highest BCUT2D eigenvalue weighted by atomic mass is 19.4. The molecule has 2 aliphatic heterocycles. The summed E-state index contributed by atoms with van der Waals surface area (Å²) in [5, 5.41) is 0. The van der Waals surface area contributed by atoms with Crippen LogP contribution in [0.3, 0.4) is 0 Å². The van der Waals surface area contributed by atoms with Crippen LogP contribution < -0.4 is 9.47 Å². The van der Waals surface area contributed by atoms with Crippen LogP contribution in [0, 0.1) is 0 Å². The molecule has 2 bridgehead atoms. The van der Waals surface area contributed by atoms with Crippen molar-refractivity contribution in [1.82, 2.24) is 4.90 Å². The standard InChI is InChI=1S/C46H60F3NO8/c1-4-5-6-7-8-9-10-11-12-13-14-15-16-17-21-24-37(51)56-39(32-22-19-18-20-23-32)42(52)55-35-27-28-45(58-43(53)46(47,48)49)36-31-33-25-26-34(54-3)40-38(33)44(45,41(35)57-40)29-30-50(36)2/h18-20,22-23,25-27,36,39,41H,4-17,21,24,28-31H2,1-3H3/t36?,39-,41-,44-,45+/m0/s1. The largest absolute Gasteiger partial charge is 0.493 e. The predicted molar refractivity (Wildman–Crippen MR) is 212 cm³/mol. The van der Waals surface area contributed by atoms with Crippen molar-refractivity contribution in [3.05, 3.63) is 71.0 Å². The quantitative estimate of drug-likeness (QED) is 0.0654. The van der Waals surface area contributed by atoms with E-state index in [0.29, 0.717) is 42.0 Å². The molecular formula is C46H60F3NO8. The number of hydrogen-bond acceptors (Lipinski definition) is 9. The first kappa shape index (κ1) is 43.5. The van der Waals surface area contributed by atoms with E-state index in [0.717, 1.165) is 24.8 Å². The molecule has 1 saturated heterocycles. The van der Waals surface area contributed by atoms with Gasteiger partial charge in [0.15, 0.2) is 17.6 Å². The van der Waals surface area contributed by atoms with Gasteiger partial charge in [-0.1, -0.05) is 133 Å². The molecule has 0 saturated carbocycles. The lowest BCUT2D eigenvalue weighted by Crippen LogP contribution is -2.76. The minimum Gasteiger partial charge on any atom is -0.493 e. The fourth-order valence-corrected chi connectivity index (χ4v) is 9.86. The topological polar surface area (TPSA) is 101 Å². The Morgan fingerprint density at radius 2 is 1.50 bits per heavy atom. The molecule has 0 aromatic heterocycles. The summed E-state index contributed by atoms with van der Waals surface area (Å²) in [7, 11) is 3.27. The van der Waals surface area contributed by atoms with E-state index in [1.54, 1.807) is 43.4 Å². The second kappa shape index (κ2) is 19.3. The molecule has 4 aliphatic rings. The summed E-state index contributed by atoms with van der Waals surface area (Å²) in [5.41, 5.74) is -1.18. The molecule has 318 valence electrons. The number of alkyl halides is 3. The molecule has 12 heteroatoms. The zero-order valence-electron chi connectivity index (χ0n) is 34.3. The van der Waals surface area contributed by atoms with Gasteiger partial charge in [0.25, 0.3) is 0 Å². The van der Waals surface area contributed by atoms with Crippen molar-refractivity contribution < 1.29 is 51.2 Å². The molecule has 0 radical (unpaired) electrons. The Bertz CT molecular complexity index is 1760. The number of hydrogen-bond donors (Lipinski definition) is 0. The van der Waals surface area contributed by atoms with Gasteiger partial charge in [-0.2, -0.15) is 13.2 Å². The summed E-state index contributed by atoms with van der Waals surface area (Å²) in [4.78, 5) is 42.0. The third-order valence-electron chi connectivity index (χ3n) is 12.8. The second-order valence-corrected chi connectivity index (χ2v) is 16.5. The summed E-state index contributed by atoms with van der Waals surface area (Å²) in [6.07, 6.45) is 12.3. The summed E-state index contributed by atoms with van der Waals surface area (Å²) >= 11 is 0. The third kappa shape index (κ3) is 9.06. The van der Waals surface area contributed by atoms with Gasteiger partial charge in [-0.3, -0.25) is 9.69 Å². The van der Waals surface area contributed by atoms with E-state index in [1.165, 1.54) is 83.8 Å². The van der Waals surface area contributed by atoms with Crippen LogP contribution in [0.1, 0.15) is 145 Å². The van der Waals surface area contributed by atoms with Crippen molar-refractivity contribution in [3.8, 4) is 11.5 Å². The Morgan fingerprint density at radius 1 is 0.879 bits per heavy atom. The molecule has 2 aromatic carbocycles. The van der Waals surface area contributed by atoms with Gasteiger partial charge in [-0.05, 0) is 50.6 Å². The number of halogens is 3. The number of carbonyl (C=O) groups is 3. The number of ether oxygens (including phenoxy) is 5. The molecule has 2 aromatic rings. The van der Waals surface area contributed by atoms with Gasteiger partial charge in [-0.15, -0.1) is 0 Å². The molecule has 1 unspecified atom stereocenters. The van der Waals surface area contributed by atoms with Crippen LogP contribution >= 0.6 is 0 Å². The highest BCUT2D eigenvalue weighted by molar-refractivity contribution is 5.82. The first-order chi connectivity index (χ1) is 28.0. The number of rotatable bonds is 22. The van der Waals surface area contributed by atoms with E-state index >= 15 is 0 Å². The lowest BCUT2D eigenvalue weighted by atomic mass is 9.50. The molecular weight excluding hydrogens is 751 g/mol. The number of benzene rings is 2. The molecule has 2 aliphatic carbocycles. The van der Waals surface area contributed by atoms with Gasteiger partial charge in [0, 0.05) is 24.0 Å². The molecule has 9 nitrogen and oxygen atoms in total. The monoisotopic (exact) mass is 811 g/mol. The minimum atomic E-state index is -5.24. The van der Waals surface area contributed by atoms with Gasteiger partial charge in [0.1, 0.15) is 11.4 Å². The maximum atomic E-state index is 14.2. The van der Waals surface area contributed by atoms with Gasteiger partial charge in [0.2, 0.25) is 6.10 Å². The molecule has 5 atom stereocenters. The minimum absolute atomic E-state index is 0.0532. The fraction of sp³-hybridized carbons (Fsp3) is 0.630. The van der Waals surface area contributed by atoms with Crippen molar-refractivity contribution in [2.24, 2.45) is 0 Å². The van der Waals surface area contributed by atoms with E-state index < -0.39 is 53.4 Å². The molecule has 1 fully saturated rings. The van der Waals surface area contributed by atoms with E-state index in [1.807, 2.05) is 11.0 Å². The first-order valence-electron chi connectivity index (χ1n) is 21.5. The number of nitrogens with zero attached hydrogens (tertiary/aromatic N) is 1. The van der Waals surface area contributed by atoms with E-state index in [-0.39, 0.29) is 25.0 Å². The maximum absolute atomic E-state index is 14.2. The molecule has 2 heterocycles. The number of esters is 3.